The minimum absolute atomic E-state index is 0.00888. The molecule has 1 aliphatic heterocycles. The molecule has 1 saturated carbocycles. The lowest BCUT2D eigenvalue weighted by Gasteiger charge is -2.32. The highest BCUT2D eigenvalue weighted by Crippen LogP contribution is 2.53. The SMILES string of the molecule is CCOP(=O)(OCC)C(O)[C@H](CC1CCN(CCc2ccccc2)C1=O)NC(=O)[C@H](CC1CCCCC1)NC(=O)OCc1cccc(Cl)c1. The van der Waals surface area contributed by atoms with Crippen LogP contribution in [0.15, 0.2) is 54.6 Å². The third-order valence-electron chi connectivity index (χ3n) is 9.25. The number of carbonyl (C=O) groups is 3. The first-order chi connectivity index (χ1) is 23.6. The van der Waals surface area contributed by atoms with Crippen LogP contribution in [-0.2, 0) is 41.0 Å². The summed E-state index contributed by atoms with van der Waals surface area (Å²) in [7, 11) is -4.12. The van der Waals surface area contributed by atoms with E-state index in [1.54, 1.807) is 43.0 Å². The van der Waals surface area contributed by atoms with Crippen molar-refractivity contribution in [3.63, 3.8) is 0 Å². The number of hydrogen-bond donors (Lipinski definition) is 3. The van der Waals surface area contributed by atoms with Gasteiger partial charge < -0.3 is 34.4 Å². The van der Waals surface area contributed by atoms with E-state index < -0.39 is 43.4 Å². The Kier molecular flexibility index (Phi) is 15.4. The van der Waals surface area contributed by atoms with Gasteiger partial charge in [0.15, 0.2) is 5.85 Å². The molecule has 1 heterocycles. The lowest BCUT2D eigenvalue weighted by molar-refractivity contribution is -0.132. The van der Waals surface area contributed by atoms with Crippen molar-refractivity contribution in [1.29, 1.82) is 0 Å². The van der Waals surface area contributed by atoms with E-state index in [2.05, 4.69) is 10.6 Å². The molecule has 0 bridgehead atoms. The number of rotatable bonds is 18. The molecule has 4 rings (SSSR count). The van der Waals surface area contributed by atoms with Gasteiger partial charge in [-0.2, -0.15) is 0 Å². The zero-order chi connectivity index (χ0) is 35.2. The maximum atomic E-state index is 14.0. The van der Waals surface area contributed by atoms with E-state index in [0.717, 1.165) is 37.7 Å². The summed E-state index contributed by atoms with van der Waals surface area (Å²) in [6.45, 7) is 4.32. The first-order valence-corrected chi connectivity index (χ1v) is 19.5. The molecule has 0 spiro atoms. The van der Waals surface area contributed by atoms with Gasteiger partial charge in [-0.3, -0.25) is 14.2 Å². The van der Waals surface area contributed by atoms with Gasteiger partial charge in [0.2, 0.25) is 11.8 Å². The van der Waals surface area contributed by atoms with Crippen molar-refractivity contribution >= 4 is 37.1 Å². The Balaban J connectivity index is 1.50. The van der Waals surface area contributed by atoms with Crippen LogP contribution >= 0.6 is 19.2 Å². The number of nitrogens with zero attached hydrogens (tertiary/aromatic N) is 1. The quantitative estimate of drug-likeness (QED) is 0.149. The second kappa shape index (κ2) is 19.4. The van der Waals surface area contributed by atoms with Crippen LogP contribution in [0.1, 0.15) is 76.3 Å². The van der Waals surface area contributed by atoms with E-state index in [4.69, 9.17) is 25.4 Å². The van der Waals surface area contributed by atoms with Crippen molar-refractivity contribution in [3.05, 3.63) is 70.7 Å². The van der Waals surface area contributed by atoms with Gasteiger partial charge >= 0.3 is 13.7 Å². The molecule has 4 atom stereocenters. The summed E-state index contributed by atoms with van der Waals surface area (Å²) >= 11 is 6.07. The lowest BCUT2D eigenvalue weighted by atomic mass is 9.84. The average molecular weight is 720 g/mol. The Morgan fingerprint density at radius 1 is 0.959 bits per heavy atom. The second-order valence-corrected chi connectivity index (χ2v) is 15.4. The number of amides is 3. The van der Waals surface area contributed by atoms with E-state index in [1.165, 1.54) is 0 Å². The minimum atomic E-state index is -4.12. The fraction of sp³-hybridized carbons (Fsp3) is 0.583. The molecule has 0 aromatic heterocycles. The van der Waals surface area contributed by atoms with Crippen LogP contribution in [0.4, 0.5) is 4.79 Å². The summed E-state index contributed by atoms with van der Waals surface area (Å²) in [6, 6.07) is 14.7. The van der Waals surface area contributed by atoms with Gasteiger partial charge in [-0.05, 0) is 68.7 Å². The van der Waals surface area contributed by atoms with E-state index in [1.807, 2.05) is 30.3 Å². The molecule has 1 saturated heterocycles. The molecule has 2 aromatic rings. The van der Waals surface area contributed by atoms with E-state index in [9.17, 15) is 24.1 Å². The fourth-order valence-electron chi connectivity index (χ4n) is 6.72. The smallest absolute Gasteiger partial charge is 0.408 e. The van der Waals surface area contributed by atoms with Gasteiger partial charge in [0, 0.05) is 24.0 Å². The molecule has 3 amide bonds. The van der Waals surface area contributed by atoms with Crippen LogP contribution in [0.25, 0.3) is 0 Å². The fourth-order valence-corrected chi connectivity index (χ4v) is 8.67. The number of benzene rings is 2. The highest BCUT2D eigenvalue weighted by Gasteiger charge is 2.44. The van der Waals surface area contributed by atoms with Crippen LogP contribution in [0.2, 0.25) is 5.02 Å². The van der Waals surface area contributed by atoms with Crippen molar-refractivity contribution < 1.29 is 37.8 Å². The van der Waals surface area contributed by atoms with E-state index in [0.29, 0.717) is 42.9 Å². The molecular formula is C36H51ClN3O8P. The Morgan fingerprint density at radius 3 is 2.33 bits per heavy atom. The van der Waals surface area contributed by atoms with E-state index in [-0.39, 0.29) is 38.1 Å². The highest BCUT2D eigenvalue weighted by atomic mass is 35.5. The summed E-state index contributed by atoms with van der Waals surface area (Å²) in [5, 5.41) is 17.6. The summed E-state index contributed by atoms with van der Waals surface area (Å²) in [4.78, 5) is 42.4. The van der Waals surface area contributed by atoms with Crippen molar-refractivity contribution in [2.45, 2.75) is 96.2 Å². The molecule has 2 aliphatic rings. The standard InChI is InChI=1S/C36H51ClN3O8P/c1-3-47-49(45,48-4-2)35(43)32(24-29-19-21-40(34(29)42)20-18-26-12-7-5-8-13-26)38-33(41)31(23-27-14-9-6-10-15-27)39-36(44)46-25-28-16-11-17-30(37)22-28/h5,7-8,11-13,16-17,22,27,29,31-32,35,43H,3-4,6,9-10,14-15,18-21,23-25H2,1-2H3,(H,38,41)(H,39,44)/t29?,31-,32-,35?/m0/s1. The summed E-state index contributed by atoms with van der Waals surface area (Å²) in [5.41, 5.74) is 1.82. The zero-order valence-electron chi connectivity index (χ0n) is 28.6. The largest absolute Gasteiger partial charge is 0.445 e. The van der Waals surface area contributed by atoms with E-state index >= 15 is 0 Å². The summed E-state index contributed by atoms with van der Waals surface area (Å²) in [5.74, 6) is -2.73. The number of ether oxygens (including phenoxy) is 1. The number of likely N-dealkylation sites (tertiary alicyclic amines) is 1. The molecule has 0 radical (unpaired) electrons. The Bertz CT molecular complexity index is 1400. The van der Waals surface area contributed by atoms with Crippen molar-refractivity contribution in [3.8, 4) is 0 Å². The molecule has 2 aromatic carbocycles. The number of aliphatic hydroxyl groups excluding tert-OH is 1. The first-order valence-electron chi connectivity index (χ1n) is 17.5. The molecule has 2 unspecified atom stereocenters. The Labute approximate surface area is 294 Å². The molecule has 49 heavy (non-hydrogen) atoms. The maximum Gasteiger partial charge on any atom is 0.408 e. The topological polar surface area (TPSA) is 144 Å². The van der Waals surface area contributed by atoms with Crippen LogP contribution in [0.5, 0.6) is 0 Å². The van der Waals surface area contributed by atoms with Crippen LogP contribution in [-0.4, -0.2) is 72.1 Å². The third kappa shape index (κ3) is 11.8. The van der Waals surface area contributed by atoms with Crippen LogP contribution in [0, 0.1) is 11.8 Å². The van der Waals surface area contributed by atoms with Gasteiger partial charge in [-0.1, -0.05) is 86.2 Å². The third-order valence-corrected chi connectivity index (χ3v) is 11.7. The lowest BCUT2D eigenvalue weighted by Crippen LogP contribution is -2.54. The van der Waals surface area contributed by atoms with Gasteiger partial charge in [0.1, 0.15) is 12.6 Å². The van der Waals surface area contributed by atoms with Gasteiger partial charge in [0.05, 0.1) is 19.3 Å². The number of alkyl carbamates (subject to hydrolysis) is 1. The number of nitrogens with one attached hydrogen (secondary N) is 2. The van der Waals surface area contributed by atoms with Crippen LogP contribution in [0.3, 0.4) is 0 Å². The summed E-state index contributed by atoms with van der Waals surface area (Å²) in [6.07, 6.45) is 5.88. The molecule has 11 nitrogen and oxygen atoms in total. The highest BCUT2D eigenvalue weighted by molar-refractivity contribution is 7.54. The normalized spacial score (nSPS) is 18.9. The minimum Gasteiger partial charge on any atom is -0.445 e. The Morgan fingerprint density at radius 2 is 1.65 bits per heavy atom. The molecule has 2 fully saturated rings. The number of carbonyl (C=O) groups excluding carboxylic acids is 3. The van der Waals surface area contributed by atoms with Gasteiger partial charge in [-0.25, -0.2) is 4.79 Å². The van der Waals surface area contributed by atoms with Crippen LogP contribution < -0.4 is 10.6 Å². The molecule has 13 heteroatoms. The molecule has 1 aliphatic carbocycles. The van der Waals surface area contributed by atoms with Crippen molar-refractivity contribution in [2.75, 3.05) is 26.3 Å². The molecule has 3 N–H and O–H groups in total. The zero-order valence-corrected chi connectivity index (χ0v) is 30.2. The average Bonchev–Trinajstić information content (AvgIpc) is 3.44. The molecule has 270 valence electrons. The number of hydrogen-bond acceptors (Lipinski definition) is 8. The van der Waals surface area contributed by atoms with Gasteiger partial charge in [-0.15, -0.1) is 0 Å². The predicted molar refractivity (Wildman–Crippen MR) is 188 cm³/mol. The molecular weight excluding hydrogens is 669 g/mol. The first kappa shape index (κ1) is 38.8. The van der Waals surface area contributed by atoms with Crippen molar-refractivity contribution in [1.82, 2.24) is 15.5 Å². The number of aliphatic hydroxyl groups is 1. The summed E-state index contributed by atoms with van der Waals surface area (Å²) < 4.78 is 30.1. The maximum absolute atomic E-state index is 14.0. The number of halogens is 1. The second-order valence-electron chi connectivity index (χ2n) is 12.8. The van der Waals surface area contributed by atoms with Gasteiger partial charge in [0.25, 0.3) is 0 Å². The predicted octanol–water partition coefficient (Wildman–Crippen LogP) is 6.46. The van der Waals surface area contributed by atoms with Crippen molar-refractivity contribution in [2.24, 2.45) is 11.8 Å². The Hall–Kier alpha value is -2.95. The monoisotopic (exact) mass is 719 g/mol.